The molecule has 0 atom stereocenters. The van der Waals surface area contributed by atoms with Crippen molar-refractivity contribution in [1.29, 1.82) is 0 Å². The summed E-state index contributed by atoms with van der Waals surface area (Å²) in [5.41, 5.74) is 3.21. The van der Waals surface area contributed by atoms with Gasteiger partial charge in [-0.3, -0.25) is 0 Å². The minimum absolute atomic E-state index is 0.559. The zero-order chi connectivity index (χ0) is 10.7. The van der Waals surface area contributed by atoms with Gasteiger partial charge in [0.15, 0.2) is 5.82 Å². The SMILES string of the molecule is Clc1cnc(NN2CCCCC2)c(Cl)c1. The lowest BCUT2D eigenvalue weighted by molar-refractivity contribution is 0.272. The Hall–Kier alpha value is -0.510. The molecule has 2 rings (SSSR count). The first-order valence-electron chi connectivity index (χ1n) is 5.08. The third-order valence-electron chi connectivity index (χ3n) is 2.43. The molecule has 5 heteroatoms. The van der Waals surface area contributed by atoms with E-state index in [1.807, 2.05) is 0 Å². The molecule has 82 valence electrons. The van der Waals surface area contributed by atoms with Gasteiger partial charge in [-0.05, 0) is 18.9 Å². The van der Waals surface area contributed by atoms with Crippen LogP contribution in [0.25, 0.3) is 0 Å². The number of nitrogens with one attached hydrogen (secondary N) is 1. The number of rotatable bonds is 2. The fourth-order valence-corrected chi connectivity index (χ4v) is 2.07. The number of aromatic nitrogens is 1. The number of hydrogen-bond donors (Lipinski definition) is 1. The molecule has 1 aliphatic rings. The minimum atomic E-state index is 0.559. The number of piperidine rings is 1. The molecule has 0 radical (unpaired) electrons. The van der Waals surface area contributed by atoms with Crippen molar-refractivity contribution in [2.45, 2.75) is 19.3 Å². The van der Waals surface area contributed by atoms with E-state index in [9.17, 15) is 0 Å². The van der Waals surface area contributed by atoms with Crippen LogP contribution in [0.4, 0.5) is 5.82 Å². The summed E-state index contributed by atoms with van der Waals surface area (Å²) in [7, 11) is 0. The van der Waals surface area contributed by atoms with Crippen LogP contribution in [0.3, 0.4) is 0 Å². The molecule has 15 heavy (non-hydrogen) atoms. The van der Waals surface area contributed by atoms with Crippen molar-refractivity contribution in [1.82, 2.24) is 9.99 Å². The van der Waals surface area contributed by atoms with Gasteiger partial charge < -0.3 is 5.43 Å². The maximum atomic E-state index is 6.01. The summed E-state index contributed by atoms with van der Waals surface area (Å²) >= 11 is 11.8. The molecule has 1 aromatic heterocycles. The minimum Gasteiger partial charge on any atom is -0.302 e. The van der Waals surface area contributed by atoms with Crippen LogP contribution in [0, 0.1) is 0 Å². The zero-order valence-corrected chi connectivity index (χ0v) is 9.85. The summed E-state index contributed by atoms with van der Waals surface area (Å²) in [6, 6.07) is 1.70. The van der Waals surface area contributed by atoms with Crippen molar-refractivity contribution in [3.05, 3.63) is 22.3 Å². The lowest BCUT2D eigenvalue weighted by Crippen LogP contribution is -2.35. The molecular weight excluding hydrogens is 233 g/mol. The highest BCUT2D eigenvalue weighted by molar-refractivity contribution is 6.35. The number of halogens is 2. The predicted molar refractivity (Wildman–Crippen MR) is 63.3 cm³/mol. The van der Waals surface area contributed by atoms with Crippen LogP contribution in [-0.4, -0.2) is 23.1 Å². The summed E-state index contributed by atoms with van der Waals surface area (Å²) in [6.07, 6.45) is 5.34. The normalized spacial score (nSPS) is 17.7. The fraction of sp³-hybridized carbons (Fsp3) is 0.500. The number of pyridine rings is 1. The Morgan fingerprint density at radius 1 is 1.20 bits per heavy atom. The first kappa shape index (κ1) is 11.0. The van der Waals surface area contributed by atoms with Gasteiger partial charge in [-0.25, -0.2) is 9.99 Å². The van der Waals surface area contributed by atoms with Gasteiger partial charge in [-0.2, -0.15) is 0 Å². The molecule has 0 spiro atoms. The topological polar surface area (TPSA) is 28.2 Å². The number of hydrogen-bond acceptors (Lipinski definition) is 3. The maximum absolute atomic E-state index is 6.01. The number of nitrogens with zero attached hydrogens (tertiary/aromatic N) is 2. The smallest absolute Gasteiger partial charge is 0.159 e. The Morgan fingerprint density at radius 2 is 1.93 bits per heavy atom. The summed E-state index contributed by atoms with van der Waals surface area (Å²) in [6.45, 7) is 2.08. The van der Waals surface area contributed by atoms with E-state index in [2.05, 4.69) is 15.4 Å². The average Bonchev–Trinajstić information content (AvgIpc) is 2.24. The fourth-order valence-electron chi connectivity index (χ4n) is 1.65. The number of anilines is 1. The van der Waals surface area contributed by atoms with Crippen molar-refractivity contribution in [2.24, 2.45) is 0 Å². The van der Waals surface area contributed by atoms with E-state index >= 15 is 0 Å². The molecule has 1 saturated heterocycles. The molecule has 1 aliphatic heterocycles. The van der Waals surface area contributed by atoms with Crippen molar-refractivity contribution >= 4 is 29.0 Å². The highest BCUT2D eigenvalue weighted by Gasteiger charge is 2.11. The van der Waals surface area contributed by atoms with E-state index in [4.69, 9.17) is 23.2 Å². The Balaban J connectivity index is 2.03. The zero-order valence-electron chi connectivity index (χ0n) is 8.34. The third kappa shape index (κ3) is 2.97. The molecule has 0 aromatic carbocycles. The second-order valence-electron chi connectivity index (χ2n) is 3.64. The first-order chi connectivity index (χ1) is 7.25. The van der Waals surface area contributed by atoms with E-state index in [-0.39, 0.29) is 0 Å². The van der Waals surface area contributed by atoms with Gasteiger partial charge in [0.1, 0.15) is 0 Å². The molecule has 1 N–H and O–H groups in total. The van der Waals surface area contributed by atoms with Crippen molar-refractivity contribution in [3.63, 3.8) is 0 Å². The third-order valence-corrected chi connectivity index (χ3v) is 2.92. The predicted octanol–water partition coefficient (Wildman–Crippen LogP) is 3.20. The molecule has 0 unspecified atom stereocenters. The maximum Gasteiger partial charge on any atom is 0.159 e. The van der Waals surface area contributed by atoms with E-state index < -0.39 is 0 Å². The Labute approximate surface area is 99.4 Å². The highest BCUT2D eigenvalue weighted by atomic mass is 35.5. The van der Waals surface area contributed by atoms with Gasteiger partial charge >= 0.3 is 0 Å². The van der Waals surface area contributed by atoms with E-state index in [1.54, 1.807) is 12.3 Å². The molecule has 0 bridgehead atoms. The lowest BCUT2D eigenvalue weighted by Gasteiger charge is -2.27. The monoisotopic (exact) mass is 245 g/mol. The molecule has 0 aliphatic carbocycles. The summed E-state index contributed by atoms with van der Waals surface area (Å²) in [4.78, 5) is 4.16. The quantitative estimate of drug-likeness (QED) is 0.868. The van der Waals surface area contributed by atoms with Crippen LogP contribution < -0.4 is 5.43 Å². The molecule has 1 fully saturated rings. The molecular formula is C10H13Cl2N3. The van der Waals surface area contributed by atoms with E-state index in [0.717, 1.165) is 13.1 Å². The van der Waals surface area contributed by atoms with Crippen LogP contribution >= 0.6 is 23.2 Å². The summed E-state index contributed by atoms with van der Waals surface area (Å²) in [5, 5.41) is 3.27. The molecule has 3 nitrogen and oxygen atoms in total. The molecule has 0 saturated carbocycles. The van der Waals surface area contributed by atoms with Crippen LogP contribution in [0.15, 0.2) is 12.3 Å². The molecule has 2 heterocycles. The number of hydrazine groups is 1. The Kier molecular flexibility index (Phi) is 3.67. The average molecular weight is 246 g/mol. The van der Waals surface area contributed by atoms with E-state index in [1.165, 1.54) is 19.3 Å². The van der Waals surface area contributed by atoms with Gasteiger partial charge in [0, 0.05) is 19.3 Å². The highest BCUT2D eigenvalue weighted by Crippen LogP contribution is 2.23. The van der Waals surface area contributed by atoms with Gasteiger partial charge in [-0.1, -0.05) is 29.6 Å². The second-order valence-corrected chi connectivity index (χ2v) is 4.49. The standard InChI is InChI=1S/C10H13Cl2N3/c11-8-6-9(12)10(13-7-8)14-15-4-2-1-3-5-15/h6-7H,1-5H2,(H,13,14). The Morgan fingerprint density at radius 3 is 2.60 bits per heavy atom. The summed E-state index contributed by atoms with van der Waals surface area (Å²) < 4.78 is 0. The van der Waals surface area contributed by atoms with E-state index in [0.29, 0.717) is 15.9 Å². The molecule has 0 amide bonds. The van der Waals surface area contributed by atoms with Crippen molar-refractivity contribution < 1.29 is 0 Å². The van der Waals surface area contributed by atoms with Crippen LogP contribution in [0.1, 0.15) is 19.3 Å². The molecule has 1 aromatic rings. The Bertz CT molecular complexity index is 337. The summed E-state index contributed by atoms with van der Waals surface area (Å²) in [5.74, 6) is 0.683. The largest absolute Gasteiger partial charge is 0.302 e. The first-order valence-corrected chi connectivity index (χ1v) is 5.84. The van der Waals surface area contributed by atoms with Crippen molar-refractivity contribution in [2.75, 3.05) is 18.5 Å². The van der Waals surface area contributed by atoms with Gasteiger partial charge in [0.25, 0.3) is 0 Å². The van der Waals surface area contributed by atoms with Crippen LogP contribution in [0.5, 0.6) is 0 Å². The van der Waals surface area contributed by atoms with Gasteiger partial charge in [0.2, 0.25) is 0 Å². The lowest BCUT2D eigenvalue weighted by atomic mass is 10.2. The van der Waals surface area contributed by atoms with Crippen LogP contribution in [0.2, 0.25) is 10.0 Å². The second kappa shape index (κ2) is 5.01. The van der Waals surface area contributed by atoms with Crippen LogP contribution in [-0.2, 0) is 0 Å². The van der Waals surface area contributed by atoms with Gasteiger partial charge in [0.05, 0.1) is 10.0 Å². The van der Waals surface area contributed by atoms with Crippen molar-refractivity contribution in [3.8, 4) is 0 Å². The van der Waals surface area contributed by atoms with Gasteiger partial charge in [-0.15, -0.1) is 0 Å².